The van der Waals surface area contributed by atoms with Gasteiger partial charge in [-0.1, -0.05) is 0 Å². The van der Waals surface area contributed by atoms with Gasteiger partial charge >= 0.3 is 6.18 Å². The summed E-state index contributed by atoms with van der Waals surface area (Å²) in [6, 6.07) is 1.30. The van der Waals surface area contributed by atoms with Crippen molar-refractivity contribution in [3.63, 3.8) is 0 Å². The number of aromatic nitrogens is 1. The lowest BCUT2D eigenvalue weighted by Gasteiger charge is -2.12. The van der Waals surface area contributed by atoms with Gasteiger partial charge in [0.15, 0.2) is 0 Å². The third-order valence-electron chi connectivity index (χ3n) is 2.09. The van der Waals surface area contributed by atoms with E-state index in [1.165, 1.54) is 12.3 Å². The summed E-state index contributed by atoms with van der Waals surface area (Å²) in [4.78, 5) is 3.49. The van der Waals surface area contributed by atoms with Crippen molar-refractivity contribution < 1.29 is 13.2 Å². The number of hydrogen-bond donors (Lipinski definition) is 1. The molecular formula is C10H13F3N2. The monoisotopic (exact) mass is 218 g/mol. The minimum atomic E-state index is -4.33. The molecular weight excluding hydrogens is 205 g/mol. The fourth-order valence-electron chi connectivity index (χ4n) is 1.28. The quantitative estimate of drug-likeness (QED) is 0.845. The molecule has 2 N–H and O–H groups in total. The van der Waals surface area contributed by atoms with Gasteiger partial charge in [0.25, 0.3) is 0 Å². The van der Waals surface area contributed by atoms with Crippen molar-refractivity contribution in [2.45, 2.75) is 32.0 Å². The van der Waals surface area contributed by atoms with Crippen LogP contribution in [0.25, 0.3) is 0 Å². The first-order chi connectivity index (χ1) is 6.91. The van der Waals surface area contributed by atoms with E-state index >= 15 is 0 Å². The first-order valence-electron chi connectivity index (χ1n) is 4.67. The van der Waals surface area contributed by atoms with E-state index in [1.54, 1.807) is 6.92 Å². The van der Waals surface area contributed by atoms with Gasteiger partial charge in [-0.3, -0.25) is 4.98 Å². The van der Waals surface area contributed by atoms with E-state index in [1.807, 2.05) is 0 Å². The second-order valence-electron chi connectivity index (χ2n) is 3.55. The zero-order valence-corrected chi connectivity index (χ0v) is 8.38. The summed E-state index contributed by atoms with van der Waals surface area (Å²) in [5, 5.41) is 0. The minimum absolute atomic E-state index is 0.0979. The normalized spacial score (nSPS) is 13.9. The fourth-order valence-corrected chi connectivity index (χ4v) is 1.28. The number of pyridine rings is 1. The van der Waals surface area contributed by atoms with E-state index in [2.05, 4.69) is 4.98 Å². The zero-order chi connectivity index (χ0) is 11.5. The van der Waals surface area contributed by atoms with Gasteiger partial charge in [0, 0.05) is 18.4 Å². The molecule has 5 heteroatoms. The summed E-state index contributed by atoms with van der Waals surface area (Å²) in [6.07, 6.45) is -1.24. The molecule has 15 heavy (non-hydrogen) atoms. The summed E-state index contributed by atoms with van der Waals surface area (Å²) < 4.78 is 37.5. The largest absolute Gasteiger partial charge is 0.418 e. The van der Waals surface area contributed by atoms with Crippen molar-refractivity contribution in [3.05, 3.63) is 29.6 Å². The summed E-state index contributed by atoms with van der Waals surface area (Å²) in [5.41, 5.74) is 5.10. The van der Waals surface area contributed by atoms with E-state index in [0.29, 0.717) is 12.8 Å². The Bertz CT molecular complexity index is 321. The number of alkyl halides is 3. The first-order valence-corrected chi connectivity index (χ1v) is 4.67. The Balaban J connectivity index is 2.87. The van der Waals surface area contributed by atoms with Crippen LogP contribution in [-0.4, -0.2) is 11.0 Å². The summed E-state index contributed by atoms with van der Waals surface area (Å²) in [5.74, 6) is 0. The van der Waals surface area contributed by atoms with Crippen molar-refractivity contribution >= 4 is 0 Å². The molecule has 1 unspecified atom stereocenters. The molecule has 0 bridgehead atoms. The van der Waals surface area contributed by atoms with E-state index < -0.39 is 11.7 Å². The van der Waals surface area contributed by atoms with Crippen LogP contribution < -0.4 is 5.73 Å². The van der Waals surface area contributed by atoms with E-state index in [9.17, 15) is 13.2 Å². The van der Waals surface area contributed by atoms with Crippen molar-refractivity contribution in [1.82, 2.24) is 4.98 Å². The molecule has 1 atom stereocenters. The summed E-state index contributed by atoms with van der Waals surface area (Å²) >= 11 is 0. The number of nitrogens with zero attached hydrogens (tertiary/aromatic N) is 1. The maximum atomic E-state index is 12.5. The molecule has 0 radical (unpaired) electrons. The highest BCUT2D eigenvalue weighted by molar-refractivity contribution is 5.26. The highest BCUT2D eigenvalue weighted by Crippen LogP contribution is 2.31. The average molecular weight is 218 g/mol. The van der Waals surface area contributed by atoms with Crippen molar-refractivity contribution in [1.29, 1.82) is 0 Å². The van der Waals surface area contributed by atoms with Gasteiger partial charge in [0.1, 0.15) is 0 Å². The number of hydrogen-bond acceptors (Lipinski definition) is 2. The van der Waals surface area contributed by atoms with Gasteiger partial charge in [0.2, 0.25) is 0 Å². The maximum Gasteiger partial charge on any atom is 0.418 e. The van der Waals surface area contributed by atoms with Gasteiger partial charge in [-0.25, -0.2) is 0 Å². The highest BCUT2D eigenvalue weighted by atomic mass is 19.4. The van der Waals surface area contributed by atoms with E-state index in [-0.39, 0.29) is 11.6 Å². The van der Waals surface area contributed by atoms with Gasteiger partial charge in [-0.15, -0.1) is 0 Å². The lowest BCUT2D eigenvalue weighted by molar-refractivity contribution is -0.138. The number of nitrogens with two attached hydrogens (primary N) is 1. The molecule has 0 fully saturated rings. The van der Waals surface area contributed by atoms with Crippen LogP contribution in [0.3, 0.4) is 0 Å². The Morgan fingerprint density at radius 1 is 1.47 bits per heavy atom. The minimum Gasteiger partial charge on any atom is -0.328 e. The molecule has 0 saturated carbocycles. The number of halogens is 3. The summed E-state index contributed by atoms with van der Waals surface area (Å²) in [6.45, 7) is 1.77. The van der Waals surface area contributed by atoms with Crippen molar-refractivity contribution in [2.24, 2.45) is 5.73 Å². The Labute approximate surface area is 86.3 Å². The van der Waals surface area contributed by atoms with Gasteiger partial charge in [-0.2, -0.15) is 13.2 Å². The van der Waals surface area contributed by atoms with Crippen LogP contribution in [0.2, 0.25) is 0 Å². The standard InChI is InChI=1S/C10H13F3N2/c1-7(14)2-3-8-4-5-15-6-9(8)10(11,12)13/h4-7H,2-3,14H2,1H3. The fraction of sp³-hybridized carbons (Fsp3) is 0.500. The Morgan fingerprint density at radius 2 is 2.13 bits per heavy atom. The maximum absolute atomic E-state index is 12.5. The highest BCUT2D eigenvalue weighted by Gasteiger charge is 2.33. The van der Waals surface area contributed by atoms with E-state index in [4.69, 9.17) is 5.73 Å². The molecule has 0 amide bonds. The van der Waals surface area contributed by atoms with Crippen molar-refractivity contribution in [2.75, 3.05) is 0 Å². The third kappa shape index (κ3) is 3.51. The Hall–Kier alpha value is -1.10. The smallest absolute Gasteiger partial charge is 0.328 e. The second-order valence-corrected chi connectivity index (χ2v) is 3.55. The van der Waals surface area contributed by atoms with Crippen LogP contribution in [-0.2, 0) is 12.6 Å². The second kappa shape index (κ2) is 4.61. The number of aryl methyl sites for hydroxylation is 1. The topological polar surface area (TPSA) is 38.9 Å². The number of rotatable bonds is 3. The molecule has 0 saturated heterocycles. The third-order valence-corrected chi connectivity index (χ3v) is 2.09. The molecule has 1 rings (SSSR count). The molecule has 2 nitrogen and oxygen atoms in total. The molecule has 0 aliphatic rings. The van der Waals surface area contributed by atoms with Crippen molar-refractivity contribution in [3.8, 4) is 0 Å². The molecule has 1 aromatic rings. The SMILES string of the molecule is CC(N)CCc1ccncc1C(F)(F)F. The van der Waals surface area contributed by atoms with Crippen LogP contribution >= 0.6 is 0 Å². The Morgan fingerprint density at radius 3 is 2.67 bits per heavy atom. The van der Waals surface area contributed by atoms with Crippen LogP contribution in [0.15, 0.2) is 18.5 Å². The Kier molecular flexibility index (Phi) is 3.68. The molecule has 1 heterocycles. The predicted octanol–water partition coefficient (Wildman–Crippen LogP) is 2.38. The first kappa shape index (κ1) is 12.0. The van der Waals surface area contributed by atoms with Gasteiger partial charge in [0.05, 0.1) is 5.56 Å². The predicted molar refractivity (Wildman–Crippen MR) is 51.2 cm³/mol. The van der Waals surface area contributed by atoms with Crippen LogP contribution in [0, 0.1) is 0 Å². The lowest BCUT2D eigenvalue weighted by atomic mass is 10.0. The molecule has 1 aromatic heterocycles. The molecule has 84 valence electrons. The lowest BCUT2D eigenvalue weighted by Crippen LogP contribution is -2.17. The summed E-state index contributed by atoms with van der Waals surface area (Å²) in [7, 11) is 0. The molecule has 0 aliphatic heterocycles. The molecule has 0 aliphatic carbocycles. The van der Waals surface area contributed by atoms with Crippen LogP contribution in [0.5, 0.6) is 0 Å². The average Bonchev–Trinajstić information content (AvgIpc) is 2.13. The van der Waals surface area contributed by atoms with Crippen LogP contribution in [0.1, 0.15) is 24.5 Å². The zero-order valence-electron chi connectivity index (χ0n) is 8.38. The van der Waals surface area contributed by atoms with E-state index in [0.717, 1.165) is 6.20 Å². The molecule has 0 aromatic carbocycles. The molecule has 0 spiro atoms. The van der Waals surface area contributed by atoms with Gasteiger partial charge in [-0.05, 0) is 31.4 Å². The van der Waals surface area contributed by atoms with Gasteiger partial charge < -0.3 is 5.73 Å². The van der Waals surface area contributed by atoms with Crippen LogP contribution in [0.4, 0.5) is 13.2 Å².